The molecule has 1 saturated heterocycles. The lowest BCUT2D eigenvalue weighted by atomic mass is 9.98. The number of pyridine rings is 1. The first-order valence-electron chi connectivity index (χ1n) is 10.8. The van der Waals surface area contributed by atoms with Gasteiger partial charge in [0.1, 0.15) is 22.7 Å². The molecule has 0 spiro atoms. The van der Waals surface area contributed by atoms with Crippen LogP contribution in [0.1, 0.15) is 24.1 Å². The summed E-state index contributed by atoms with van der Waals surface area (Å²) in [5.74, 6) is 1.91. The normalized spacial score (nSPS) is 22.4. The molecule has 1 aromatic heterocycles. The van der Waals surface area contributed by atoms with Crippen molar-refractivity contribution < 1.29 is 9.47 Å². The van der Waals surface area contributed by atoms with Crippen LogP contribution in [-0.4, -0.2) is 66.9 Å². The topological polar surface area (TPSA) is 71.3 Å². The second-order valence-electron chi connectivity index (χ2n) is 7.81. The third-order valence-electron chi connectivity index (χ3n) is 5.87. The van der Waals surface area contributed by atoms with Crippen LogP contribution in [0.25, 0.3) is 11.3 Å². The lowest BCUT2D eigenvalue weighted by Crippen LogP contribution is -2.50. The second-order valence-corrected chi connectivity index (χ2v) is 8.94. The summed E-state index contributed by atoms with van der Waals surface area (Å²) in [7, 11) is 1.68. The van der Waals surface area contributed by atoms with Crippen LogP contribution in [-0.2, 0) is 4.74 Å². The molecule has 0 bridgehead atoms. The number of thioether (sulfide) groups is 1. The predicted molar refractivity (Wildman–Crippen MR) is 124 cm³/mol. The summed E-state index contributed by atoms with van der Waals surface area (Å²) in [5.41, 5.74) is 4.46. The molecule has 2 atom stereocenters. The number of aliphatic imine (C=N–C) groups is 2. The highest BCUT2D eigenvalue weighted by Crippen LogP contribution is 2.49. The van der Waals surface area contributed by atoms with Gasteiger partial charge in [-0.2, -0.15) is 4.99 Å². The molecule has 0 radical (unpaired) electrons. The first-order chi connectivity index (χ1) is 15.2. The highest BCUT2D eigenvalue weighted by Gasteiger charge is 2.44. The number of methoxy groups -OCH3 is 1. The van der Waals surface area contributed by atoms with E-state index in [-0.39, 0.29) is 11.3 Å². The molecule has 0 amide bonds. The van der Waals surface area contributed by atoms with E-state index in [0.29, 0.717) is 12.6 Å². The van der Waals surface area contributed by atoms with Gasteiger partial charge in [-0.25, -0.2) is 9.98 Å². The molecule has 0 aliphatic carbocycles. The number of aryl methyl sites for hydroxylation is 1. The Morgan fingerprint density at radius 2 is 1.97 bits per heavy atom. The Labute approximate surface area is 187 Å². The summed E-state index contributed by atoms with van der Waals surface area (Å²) in [6.07, 6.45) is 0. The maximum Gasteiger partial charge on any atom is 0.314 e. The van der Waals surface area contributed by atoms with Crippen molar-refractivity contribution in [2.45, 2.75) is 30.2 Å². The van der Waals surface area contributed by atoms with Crippen LogP contribution >= 0.6 is 11.8 Å². The van der Waals surface area contributed by atoms with Crippen LogP contribution in [0.15, 0.2) is 45.3 Å². The zero-order valence-electron chi connectivity index (χ0n) is 18.1. The molecule has 3 aliphatic rings. The van der Waals surface area contributed by atoms with Gasteiger partial charge in [0.05, 0.1) is 24.7 Å². The van der Waals surface area contributed by atoms with Gasteiger partial charge in [-0.15, -0.1) is 0 Å². The van der Waals surface area contributed by atoms with Crippen molar-refractivity contribution in [2.24, 2.45) is 9.98 Å². The number of benzene rings is 1. The summed E-state index contributed by atoms with van der Waals surface area (Å²) in [6.45, 7) is 8.51. The van der Waals surface area contributed by atoms with Gasteiger partial charge in [-0.3, -0.25) is 0 Å². The lowest BCUT2D eigenvalue weighted by molar-refractivity contribution is 0.310. The number of hydrogen-bond donors (Lipinski definition) is 1. The molecule has 1 fully saturated rings. The number of rotatable bonds is 3. The van der Waals surface area contributed by atoms with Crippen molar-refractivity contribution in [1.29, 1.82) is 0 Å². The van der Waals surface area contributed by atoms with Crippen molar-refractivity contribution in [1.82, 2.24) is 15.2 Å². The number of piperazine rings is 1. The quantitative estimate of drug-likeness (QED) is 0.795. The standard InChI is InChI=1S/C23H27N5O2S/c1-4-30-23-26-19-18-14(2)13-17(15-5-7-16(29-3)8-6-15)25-22(18)31-20(19)21(27-23)28-11-9-24-10-12-28/h5-8,13,19-20,24H,4,9-12H2,1-3H3. The Hall–Kier alpha value is -2.58. The Morgan fingerprint density at radius 3 is 2.68 bits per heavy atom. The van der Waals surface area contributed by atoms with Crippen LogP contribution in [0.3, 0.4) is 0 Å². The van der Waals surface area contributed by atoms with E-state index in [9.17, 15) is 0 Å². The Balaban J connectivity index is 1.52. The molecule has 1 N–H and O–H groups in total. The summed E-state index contributed by atoms with van der Waals surface area (Å²) >= 11 is 1.78. The molecule has 5 rings (SSSR count). The molecule has 4 heterocycles. The van der Waals surface area contributed by atoms with Crippen molar-refractivity contribution in [3.63, 3.8) is 0 Å². The number of nitrogens with one attached hydrogen (secondary N) is 1. The van der Waals surface area contributed by atoms with Crippen LogP contribution in [0.5, 0.6) is 5.75 Å². The van der Waals surface area contributed by atoms with Crippen LogP contribution < -0.4 is 10.1 Å². The third kappa shape index (κ3) is 3.78. The van der Waals surface area contributed by atoms with Gasteiger partial charge in [0.25, 0.3) is 0 Å². The summed E-state index contributed by atoms with van der Waals surface area (Å²) in [5, 5.41) is 4.60. The largest absolute Gasteiger partial charge is 0.497 e. The van der Waals surface area contributed by atoms with Gasteiger partial charge >= 0.3 is 6.02 Å². The van der Waals surface area contributed by atoms with Crippen molar-refractivity contribution in [3.05, 3.63) is 41.5 Å². The van der Waals surface area contributed by atoms with Crippen molar-refractivity contribution >= 4 is 23.6 Å². The minimum Gasteiger partial charge on any atom is -0.497 e. The van der Waals surface area contributed by atoms with E-state index in [2.05, 4.69) is 35.3 Å². The molecule has 0 saturated carbocycles. The van der Waals surface area contributed by atoms with Gasteiger partial charge in [-0.05, 0) is 49.7 Å². The minimum atomic E-state index is -0.0126. The molecule has 3 aliphatic heterocycles. The molecule has 2 unspecified atom stereocenters. The Morgan fingerprint density at radius 1 is 1.19 bits per heavy atom. The van der Waals surface area contributed by atoms with E-state index < -0.39 is 0 Å². The summed E-state index contributed by atoms with van der Waals surface area (Å²) in [4.78, 5) is 17.1. The highest BCUT2D eigenvalue weighted by atomic mass is 32.2. The van der Waals surface area contributed by atoms with E-state index in [1.54, 1.807) is 18.9 Å². The fraction of sp³-hybridized carbons (Fsp3) is 0.435. The van der Waals surface area contributed by atoms with Gasteiger partial charge in [0, 0.05) is 37.3 Å². The number of aromatic nitrogens is 1. The molecule has 1 aromatic carbocycles. The van der Waals surface area contributed by atoms with Crippen molar-refractivity contribution in [2.75, 3.05) is 39.9 Å². The highest BCUT2D eigenvalue weighted by molar-refractivity contribution is 8.01. The van der Waals surface area contributed by atoms with Gasteiger partial charge in [0.15, 0.2) is 0 Å². The smallest absolute Gasteiger partial charge is 0.314 e. The van der Waals surface area contributed by atoms with Gasteiger partial charge in [0.2, 0.25) is 0 Å². The molecular formula is C23H27N5O2S. The maximum atomic E-state index is 5.76. The molecule has 162 valence electrons. The van der Waals surface area contributed by atoms with Crippen LogP contribution in [0.2, 0.25) is 0 Å². The number of ether oxygens (including phenoxy) is 2. The maximum absolute atomic E-state index is 5.76. The van der Waals surface area contributed by atoms with E-state index in [1.807, 2.05) is 19.1 Å². The molecular weight excluding hydrogens is 410 g/mol. The zero-order valence-corrected chi connectivity index (χ0v) is 18.9. The van der Waals surface area contributed by atoms with Gasteiger partial charge in [-0.1, -0.05) is 11.8 Å². The molecule has 7 nitrogen and oxygen atoms in total. The van der Waals surface area contributed by atoms with E-state index in [1.165, 1.54) is 11.1 Å². The average molecular weight is 438 g/mol. The number of hydrogen-bond acceptors (Lipinski definition) is 8. The predicted octanol–water partition coefficient (Wildman–Crippen LogP) is 3.29. The third-order valence-corrected chi connectivity index (χ3v) is 7.12. The molecule has 31 heavy (non-hydrogen) atoms. The van der Waals surface area contributed by atoms with E-state index in [0.717, 1.165) is 54.0 Å². The minimum absolute atomic E-state index is 0.0126. The SMILES string of the molecule is CCOC1=NC2c3c(C)cc(-c4ccc(OC)cc4)nc3SC2C(N2CCNCC2)=N1. The summed E-state index contributed by atoms with van der Waals surface area (Å²) < 4.78 is 11.1. The monoisotopic (exact) mass is 437 g/mol. The lowest BCUT2D eigenvalue weighted by Gasteiger charge is -2.35. The fourth-order valence-electron chi connectivity index (χ4n) is 4.33. The van der Waals surface area contributed by atoms with Crippen LogP contribution in [0.4, 0.5) is 0 Å². The number of fused-ring (bicyclic) bond motifs is 3. The fourth-order valence-corrected chi connectivity index (χ4v) is 5.76. The van der Waals surface area contributed by atoms with Crippen molar-refractivity contribution in [3.8, 4) is 17.0 Å². The number of nitrogens with zero attached hydrogens (tertiary/aromatic N) is 4. The Kier molecular flexibility index (Phi) is 5.58. The molecule has 8 heteroatoms. The van der Waals surface area contributed by atoms with E-state index in [4.69, 9.17) is 24.4 Å². The first-order valence-corrected chi connectivity index (χ1v) is 11.6. The summed E-state index contributed by atoms with van der Waals surface area (Å²) in [6, 6.07) is 10.7. The Bertz CT molecular complexity index is 1030. The van der Waals surface area contributed by atoms with Crippen LogP contribution in [0, 0.1) is 6.92 Å². The zero-order chi connectivity index (χ0) is 21.4. The van der Waals surface area contributed by atoms with E-state index >= 15 is 0 Å². The molecule has 2 aromatic rings. The first kappa shape index (κ1) is 20.3. The average Bonchev–Trinajstić information content (AvgIpc) is 3.18. The van der Waals surface area contributed by atoms with Gasteiger partial charge < -0.3 is 19.7 Å². The second kappa shape index (κ2) is 8.51. The number of amidine groups is 2.